The summed E-state index contributed by atoms with van der Waals surface area (Å²) in [6.45, 7) is 1.93. The van der Waals surface area contributed by atoms with Crippen LogP contribution in [-0.4, -0.2) is 25.9 Å². The molecule has 0 aliphatic carbocycles. The number of ether oxygens (including phenoxy) is 1. The first-order valence-electron chi connectivity index (χ1n) is 7.61. The third-order valence-electron chi connectivity index (χ3n) is 4.59. The van der Waals surface area contributed by atoms with Gasteiger partial charge in [0.05, 0.1) is 5.52 Å². The Morgan fingerprint density at radius 3 is 2.57 bits per heavy atom. The number of nitrogens with zero attached hydrogens (tertiary/aromatic N) is 2. The Morgan fingerprint density at radius 1 is 1.09 bits per heavy atom. The SMILES string of the molecule is Cc1nc2c3c(ccc2n1C)[C@@H](O)[C@H](O)[C@@H](c1ccccc1)O3. The first-order valence-corrected chi connectivity index (χ1v) is 7.61. The normalized spacial score (nSPS) is 23.6. The maximum absolute atomic E-state index is 10.5. The molecule has 2 aromatic carbocycles. The molecule has 1 aliphatic rings. The van der Waals surface area contributed by atoms with E-state index in [2.05, 4.69) is 4.98 Å². The second kappa shape index (κ2) is 5.08. The van der Waals surface area contributed by atoms with Crippen LogP contribution < -0.4 is 4.74 Å². The number of fused-ring (bicyclic) bond motifs is 3. The van der Waals surface area contributed by atoms with Crippen LogP contribution in [0.15, 0.2) is 42.5 Å². The maximum atomic E-state index is 10.5. The van der Waals surface area contributed by atoms with Crippen LogP contribution >= 0.6 is 0 Å². The van der Waals surface area contributed by atoms with Gasteiger partial charge in [0.25, 0.3) is 0 Å². The summed E-state index contributed by atoms with van der Waals surface area (Å²) in [6.07, 6.45) is -2.64. The summed E-state index contributed by atoms with van der Waals surface area (Å²) in [5.74, 6) is 1.42. The van der Waals surface area contributed by atoms with E-state index in [4.69, 9.17) is 4.74 Å². The lowest BCUT2D eigenvalue weighted by atomic mass is 9.92. The number of hydrogen-bond acceptors (Lipinski definition) is 4. The van der Waals surface area contributed by atoms with Crippen LogP contribution in [0.2, 0.25) is 0 Å². The molecule has 0 unspecified atom stereocenters. The molecule has 3 atom stereocenters. The summed E-state index contributed by atoms with van der Waals surface area (Å²) in [5, 5.41) is 21.0. The number of aliphatic hydroxyl groups excluding tert-OH is 2. The molecular weight excluding hydrogens is 292 g/mol. The Balaban J connectivity index is 1.90. The van der Waals surface area contributed by atoms with Crippen LogP contribution in [0.1, 0.15) is 29.2 Å². The van der Waals surface area contributed by atoms with Gasteiger partial charge in [-0.25, -0.2) is 4.98 Å². The Bertz CT molecular complexity index is 873. The van der Waals surface area contributed by atoms with Crippen molar-refractivity contribution in [3.63, 3.8) is 0 Å². The minimum Gasteiger partial charge on any atom is -0.480 e. The van der Waals surface area contributed by atoms with Crippen LogP contribution in [0.4, 0.5) is 0 Å². The lowest BCUT2D eigenvalue weighted by Crippen LogP contribution is -2.34. The van der Waals surface area contributed by atoms with Crippen LogP contribution in [0.3, 0.4) is 0 Å². The Kier molecular flexibility index (Phi) is 3.14. The predicted molar refractivity (Wildman–Crippen MR) is 86.2 cm³/mol. The molecule has 0 saturated carbocycles. The topological polar surface area (TPSA) is 67.5 Å². The molecule has 2 N–H and O–H groups in total. The highest BCUT2D eigenvalue weighted by atomic mass is 16.5. The van der Waals surface area contributed by atoms with Gasteiger partial charge in [0, 0.05) is 12.6 Å². The smallest absolute Gasteiger partial charge is 0.154 e. The van der Waals surface area contributed by atoms with E-state index in [0.29, 0.717) is 11.3 Å². The minimum atomic E-state index is -1.02. The molecule has 0 radical (unpaired) electrons. The number of aryl methyl sites for hydroxylation is 2. The predicted octanol–water partition coefficient (Wildman–Crippen LogP) is 2.41. The van der Waals surface area contributed by atoms with E-state index in [1.165, 1.54) is 0 Å². The first kappa shape index (κ1) is 14.2. The van der Waals surface area contributed by atoms with Crippen molar-refractivity contribution < 1.29 is 14.9 Å². The van der Waals surface area contributed by atoms with Gasteiger partial charge in [-0.3, -0.25) is 0 Å². The fourth-order valence-electron chi connectivity index (χ4n) is 3.18. The highest BCUT2D eigenvalue weighted by Gasteiger charge is 2.38. The maximum Gasteiger partial charge on any atom is 0.154 e. The fraction of sp³-hybridized carbons (Fsp3) is 0.278. The zero-order valence-electron chi connectivity index (χ0n) is 13.0. The summed E-state index contributed by atoms with van der Waals surface area (Å²) in [7, 11) is 1.94. The van der Waals surface area contributed by atoms with Crippen LogP contribution in [0.5, 0.6) is 5.75 Å². The highest BCUT2D eigenvalue weighted by molar-refractivity contribution is 5.84. The summed E-state index contributed by atoms with van der Waals surface area (Å²) < 4.78 is 8.08. The number of benzene rings is 2. The van der Waals surface area contributed by atoms with Gasteiger partial charge in [0.15, 0.2) is 11.9 Å². The van der Waals surface area contributed by atoms with E-state index in [0.717, 1.165) is 22.4 Å². The Labute approximate surface area is 133 Å². The van der Waals surface area contributed by atoms with Crippen molar-refractivity contribution in [2.45, 2.75) is 25.2 Å². The van der Waals surface area contributed by atoms with Crippen molar-refractivity contribution in [2.75, 3.05) is 0 Å². The molecule has 23 heavy (non-hydrogen) atoms. The Hall–Kier alpha value is -2.37. The molecule has 0 saturated heterocycles. The van der Waals surface area contributed by atoms with E-state index in [1.54, 1.807) is 6.07 Å². The standard InChI is InChI=1S/C18H18N2O3/c1-10-19-14-13(20(10)2)9-8-12-15(21)16(22)17(23-18(12)14)11-6-4-3-5-7-11/h3-9,15-17,21-22H,1-2H3/t15-,16+,17-/m1/s1. The summed E-state index contributed by atoms with van der Waals surface area (Å²) in [4.78, 5) is 4.56. The van der Waals surface area contributed by atoms with Crippen LogP contribution in [0.25, 0.3) is 11.0 Å². The number of aliphatic hydroxyl groups is 2. The molecule has 5 nitrogen and oxygen atoms in total. The second-order valence-electron chi connectivity index (χ2n) is 5.95. The van der Waals surface area contributed by atoms with E-state index in [1.807, 2.05) is 54.9 Å². The van der Waals surface area contributed by atoms with Gasteiger partial charge in [0.2, 0.25) is 0 Å². The molecule has 0 bridgehead atoms. The van der Waals surface area contributed by atoms with Gasteiger partial charge in [-0.1, -0.05) is 36.4 Å². The highest BCUT2D eigenvalue weighted by Crippen LogP contribution is 2.44. The third kappa shape index (κ3) is 2.04. The number of aromatic nitrogens is 2. The van der Waals surface area contributed by atoms with Gasteiger partial charge < -0.3 is 19.5 Å². The monoisotopic (exact) mass is 310 g/mol. The average molecular weight is 310 g/mol. The zero-order valence-corrected chi connectivity index (χ0v) is 13.0. The molecule has 5 heteroatoms. The van der Waals surface area contributed by atoms with Gasteiger partial charge in [-0.15, -0.1) is 0 Å². The second-order valence-corrected chi connectivity index (χ2v) is 5.95. The van der Waals surface area contributed by atoms with Crippen molar-refractivity contribution in [3.05, 3.63) is 59.4 Å². The van der Waals surface area contributed by atoms with E-state index < -0.39 is 18.3 Å². The molecule has 3 aromatic rings. The van der Waals surface area contributed by atoms with Crippen LogP contribution in [-0.2, 0) is 7.05 Å². The quantitative estimate of drug-likeness (QED) is 0.724. The molecule has 1 aliphatic heterocycles. The fourth-order valence-corrected chi connectivity index (χ4v) is 3.18. The molecule has 2 heterocycles. The van der Waals surface area contributed by atoms with Crippen LogP contribution in [0, 0.1) is 6.92 Å². The molecule has 0 amide bonds. The van der Waals surface area contributed by atoms with E-state index in [-0.39, 0.29) is 0 Å². The number of hydrogen-bond donors (Lipinski definition) is 2. The van der Waals surface area contributed by atoms with E-state index >= 15 is 0 Å². The van der Waals surface area contributed by atoms with Gasteiger partial charge in [-0.2, -0.15) is 0 Å². The lowest BCUT2D eigenvalue weighted by Gasteiger charge is -2.34. The molecule has 4 rings (SSSR count). The van der Waals surface area contributed by atoms with Gasteiger partial charge in [-0.05, 0) is 18.6 Å². The summed E-state index contributed by atoms with van der Waals surface area (Å²) in [6, 6.07) is 13.1. The van der Waals surface area contributed by atoms with Crippen molar-refractivity contribution in [3.8, 4) is 5.75 Å². The first-order chi connectivity index (χ1) is 11.1. The summed E-state index contributed by atoms with van der Waals surface area (Å²) >= 11 is 0. The van der Waals surface area contributed by atoms with Crippen molar-refractivity contribution >= 4 is 11.0 Å². The molecule has 0 fully saturated rings. The molecule has 1 aromatic heterocycles. The number of rotatable bonds is 1. The van der Waals surface area contributed by atoms with E-state index in [9.17, 15) is 10.2 Å². The van der Waals surface area contributed by atoms with Crippen molar-refractivity contribution in [1.29, 1.82) is 0 Å². The number of imidazole rings is 1. The van der Waals surface area contributed by atoms with Gasteiger partial charge >= 0.3 is 0 Å². The lowest BCUT2D eigenvalue weighted by molar-refractivity contribution is -0.0692. The summed E-state index contributed by atoms with van der Waals surface area (Å²) in [5.41, 5.74) is 3.07. The molecule has 0 spiro atoms. The molecular formula is C18H18N2O3. The largest absolute Gasteiger partial charge is 0.480 e. The average Bonchev–Trinajstić information content (AvgIpc) is 2.86. The zero-order chi connectivity index (χ0) is 16.1. The Morgan fingerprint density at radius 2 is 1.83 bits per heavy atom. The van der Waals surface area contributed by atoms with Crippen molar-refractivity contribution in [2.24, 2.45) is 7.05 Å². The minimum absolute atomic E-state index is 0.554. The third-order valence-corrected chi connectivity index (χ3v) is 4.59. The van der Waals surface area contributed by atoms with Gasteiger partial charge in [0.1, 0.15) is 23.5 Å². The molecule has 118 valence electrons. The van der Waals surface area contributed by atoms with Crippen molar-refractivity contribution in [1.82, 2.24) is 9.55 Å².